The standard InChI is InChI=1S/C14H17BrN2OS/c1-3-17-9-11(15)8-13(17)14(18)16-10(2)7-12-5-4-6-19-12/h4-6,8-10H,3,7H2,1-2H3,(H,16,18). The van der Waals surface area contributed by atoms with Crippen molar-refractivity contribution in [2.24, 2.45) is 0 Å². The van der Waals surface area contributed by atoms with Gasteiger partial charge in [0.2, 0.25) is 0 Å². The third-order valence-electron chi connectivity index (χ3n) is 2.90. The first-order valence-corrected chi connectivity index (χ1v) is 7.96. The molecule has 0 saturated carbocycles. The van der Waals surface area contributed by atoms with E-state index in [1.54, 1.807) is 11.3 Å². The molecule has 0 radical (unpaired) electrons. The smallest absolute Gasteiger partial charge is 0.268 e. The van der Waals surface area contributed by atoms with E-state index in [1.165, 1.54) is 4.88 Å². The van der Waals surface area contributed by atoms with Gasteiger partial charge in [0, 0.05) is 34.6 Å². The zero-order valence-electron chi connectivity index (χ0n) is 11.0. The van der Waals surface area contributed by atoms with Crippen molar-refractivity contribution in [3.8, 4) is 0 Å². The number of carbonyl (C=O) groups is 1. The van der Waals surface area contributed by atoms with Gasteiger partial charge in [0.05, 0.1) is 0 Å². The summed E-state index contributed by atoms with van der Waals surface area (Å²) in [5.74, 6) is -0.0170. The molecule has 2 aromatic rings. The molecule has 0 saturated heterocycles. The number of rotatable bonds is 5. The molecule has 0 bridgehead atoms. The fraction of sp³-hybridized carbons (Fsp3) is 0.357. The van der Waals surface area contributed by atoms with Crippen LogP contribution in [0.3, 0.4) is 0 Å². The monoisotopic (exact) mass is 340 g/mol. The van der Waals surface area contributed by atoms with Crippen LogP contribution >= 0.6 is 27.3 Å². The summed E-state index contributed by atoms with van der Waals surface area (Å²) in [7, 11) is 0. The third kappa shape index (κ3) is 3.70. The number of halogens is 1. The predicted octanol–water partition coefficient (Wildman–Crippen LogP) is 3.69. The summed E-state index contributed by atoms with van der Waals surface area (Å²) >= 11 is 5.13. The minimum Gasteiger partial charge on any atom is -0.348 e. The zero-order valence-corrected chi connectivity index (χ0v) is 13.4. The Morgan fingerprint density at radius 1 is 1.58 bits per heavy atom. The average molecular weight is 341 g/mol. The van der Waals surface area contributed by atoms with Crippen LogP contribution in [-0.2, 0) is 13.0 Å². The Bertz CT molecular complexity index is 548. The SMILES string of the molecule is CCn1cc(Br)cc1C(=O)NC(C)Cc1cccs1. The molecule has 1 unspecified atom stereocenters. The van der Waals surface area contributed by atoms with Gasteiger partial charge in [-0.2, -0.15) is 0 Å². The van der Waals surface area contributed by atoms with E-state index in [-0.39, 0.29) is 11.9 Å². The van der Waals surface area contributed by atoms with Gasteiger partial charge in [-0.15, -0.1) is 11.3 Å². The number of aryl methyl sites for hydroxylation is 1. The Labute approximate surface area is 125 Å². The number of hydrogen-bond acceptors (Lipinski definition) is 2. The predicted molar refractivity (Wildman–Crippen MR) is 82.8 cm³/mol. The minimum absolute atomic E-state index is 0.0170. The molecular formula is C14H17BrN2OS. The van der Waals surface area contributed by atoms with E-state index in [9.17, 15) is 4.79 Å². The first-order chi connectivity index (χ1) is 9.10. The second-order valence-electron chi connectivity index (χ2n) is 4.49. The molecule has 2 rings (SSSR count). The number of nitrogens with one attached hydrogen (secondary N) is 1. The fourth-order valence-corrected chi connectivity index (χ4v) is 3.31. The maximum atomic E-state index is 12.2. The van der Waals surface area contributed by atoms with E-state index in [1.807, 2.05) is 36.7 Å². The molecular weight excluding hydrogens is 324 g/mol. The third-order valence-corrected chi connectivity index (χ3v) is 4.23. The quantitative estimate of drug-likeness (QED) is 0.884. The van der Waals surface area contributed by atoms with Gasteiger partial charge in [-0.3, -0.25) is 4.79 Å². The lowest BCUT2D eigenvalue weighted by molar-refractivity contribution is 0.0931. The molecule has 0 aliphatic rings. The molecule has 102 valence electrons. The second kappa shape index (κ2) is 6.39. The molecule has 1 atom stereocenters. The first-order valence-electron chi connectivity index (χ1n) is 6.29. The number of nitrogens with zero attached hydrogens (tertiary/aromatic N) is 1. The Morgan fingerprint density at radius 2 is 2.37 bits per heavy atom. The summed E-state index contributed by atoms with van der Waals surface area (Å²) in [6.45, 7) is 4.85. The summed E-state index contributed by atoms with van der Waals surface area (Å²) in [4.78, 5) is 13.5. The van der Waals surface area contributed by atoms with Gasteiger partial charge < -0.3 is 9.88 Å². The topological polar surface area (TPSA) is 34.0 Å². The first kappa shape index (κ1) is 14.3. The molecule has 3 nitrogen and oxygen atoms in total. The van der Waals surface area contributed by atoms with Gasteiger partial charge in [-0.25, -0.2) is 0 Å². The number of thiophene rings is 1. The van der Waals surface area contributed by atoms with Crippen LogP contribution in [0.2, 0.25) is 0 Å². The van der Waals surface area contributed by atoms with Crippen LogP contribution in [0.4, 0.5) is 0 Å². The van der Waals surface area contributed by atoms with E-state index in [0.717, 1.165) is 17.4 Å². The van der Waals surface area contributed by atoms with Crippen LogP contribution in [0.1, 0.15) is 29.2 Å². The lowest BCUT2D eigenvalue weighted by atomic mass is 10.2. The molecule has 0 aromatic carbocycles. The van der Waals surface area contributed by atoms with Gasteiger partial charge >= 0.3 is 0 Å². The van der Waals surface area contributed by atoms with Crippen LogP contribution in [0, 0.1) is 0 Å². The van der Waals surface area contributed by atoms with E-state index in [2.05, 4.69) is 32.7 Å². The Hall–Kier alpha value is -1.07. The number of aromatic nitrogens is 1. The molecule has 2 heterocycles. The van der Waals surface area contributed by atoms with E-state index in [0.29, 0.717) is 5.69 Å². The van der Waals surface area contributed by atoms with Crippen LogP contribution in [0.15, 0.2) is 34.2 Å². The second-order valence-corrected chi connectivity index (χ2v) is 6.44. The maximum absolute atomic E-state index is 12.2. The van der Waals surface area contributed by atoms with Crippen molar-refractivity contribution in [1.82, 2.24) is 9.88 Å². The molecule has 5 heteroatoms. The fourth-order valence-electron chi connectivity index (χ4n) is 2.01. The summed E-state index contributed by atoms with van der Waals surface area (Å²) in [6.07, 6.45) is 2.80. The van der Waals surface area contributed by atoms with Gasteiger partial charge in [-0.05, 0) is 47.3 Å². The molecule has 0 aliphatic carbocycles. The number of carbonyl (C=O) groups excluding carboxylic acids is 1. The highest BCUT2D eigenvalue weighted by atomic mass is 79.9. The summed E-state index contributed by atoms with van der Waals surface area (Å²) in [6, 6.07) is 6.12. The van der Waals surface area contributed by atoms with E-state index >= 15 is 0 Å². The van der Waals surface area contributed by atoms with Crippen molar-refractivity contribution >= 4 is 33.2 Å². The van der Waals surface area contributed by atoms with E-state index < -0.39 is 0 Å². The Kier molecular flexibility index (Phi) is 4.82. The van der Waals surface area contributed by atoms with Crippen LogP contribution < -0.4 is 5.32 Å². The molecule has 0 fully saturated rings. The van der Waals surface area contributed by atoms with Crippen molar-refractivity contribution in [1.29, 1.82) is 0 Å². The van der Waals surface area contributed by atoms with Gasteiger partial charge in [0.1, 0.15) is 5.69 Å². The molecule has 0 aliphatic heterocycles. The highest BCUT2D eigenvalue weighted by Crippen LogP contribution is 2.16. The van der Waals surface area contributed by atoms with Crippen molar-refractivity contribution in [2.75, 3.05) is 0 Å². The van der Waals surface area contributed by atoms with Crippen LogP contribution in [0.5, 0.6) is 0 Å². The Balaban J connectivity index is 2.00. The lowest BCUT2D eigenvalue weighted by Gasteiger charge is -2.14. The summed E-state index contributed by atoms with van der Waals surface area (Å²) in [5.41, 5.74) is 0.701. The van der Waals surface area contributed by atoms with Crippen molar-refractivity contribution in [3.05, 3.63) is 44.8 Å². The molecule has 0 spiro atoms. The summed E-state index contributed by atoms with van der Waals surface area (Å²) < 4.78 is 2.88. The van der Waals surface area contributed by atoms with Crippen molar-refractivity contribution < 1.29 is 4.79 Å². The molecule has 2 aromatic heterocycles. The largest absolute Gasteiger partial charge is 0.348 e. The van der Waals surface area contributed by atoms with Gasteiger partial charge in [0.15, 0.2) is 0 Å². The minimum atomic E-state index is -0.0170. The zero-order chi connectivity index (χ0) is 13.8. The van der Waals surface area contributed by atoms with Crippen molar-refractivity contribution in [3.63, 3.8) is 0 Å². The van der Waals surface area contributed by atoms with Crippen molar-refractivity contribution in [2.45, 2.75) is 32.9 Å². The Morgan fingerprint density at radius 3 is 3.00 bits per heavy atom. The molecule has 1 N–H and O–H groups in total. The van der Waals surface area contributed by atoms with Crippen LogP contribution in [0.25, 0.3) is 0 Å². The number of amides is 1. The molecule has 19 heavy (non-hydrogen) atoms. The highest BCUT2D eigenvalue weighted by molar-refractivity contribution is 9.10. The average Bonchev–Trinajstić information content (AvgIpc) is 2.97. The number of hydrogen-bond donors (Lipinski definition) is 1. The summed E-state index contributed by atoms with van der Waals surface area (Å²) in [5, 5.41) is 5.11. The lowest BCUT2D eigenvalue weighted by Crippen LogP contribution is -2.35. The molecule has 1 amide bonds. The van der Waals surface area contributed by atoms with Gasteiger partial charge in [-0.1, -0.05) is 6.07 Å². The van der Waals surface area contributed by atoms with Gasteiger partial charge in [0.25, 0.3) is 5.91 Å². The van der Waals surface area contributed by atoms with Crippen LogP contribution in [-0.4, -0.2) is 16.5 Å². The van der Waals surface area contributed by atoms with E-state index in [4.69, 9.17) is 0 Å². The normalized spacial score (nSPS) is 12.4. The highest BCUT2D eigenvalue weighted by Gasteiger charge is 2.15. The maximum Gasteiger partial charge on any atom is 0.268 e.